The summed E-state index contributed by atoms with van der Waals surface area (Å²) in [4.78, 5) is 17.6. The molecule has 0 amide bonds. The summed E-state index contributed by atoms with van der Waals surface area (Å²) in [5, 5.41) is 2.96. The Hall–Kier alpha value is -1.23. The van der Waals surface area contributed by atoms with Gasteiger partial charge in [0.05, 0.1) is 0 Å². The van der Waals surface area contributed by atoms with Crippen molar-refractivity contribution in [2.45, 2.75) is 0 Å². The molecule has 0 aliphatic carbocycles. The van der Waals surface area contributed by atoms with Gasteiger partial charge < -0.3 is 10.3 Å². The minimum Gasteiger partial charge on any atom is -0.365 e. The Morgan fingerprint density at radius 2 is 2.57 bits per heavy atom. The van der Waals surface area contributed by atoms with Crippen molar-refractivity contribution in [2.24, 2.45) is 0 Å². The van der Waals surface area contributed by atoms with Gasteiger partial charge in [-0.25, -0.2) is 4.98 Å². The van der Waals surface area contributed by atoms with Gasteiger partial charge in [0.2, 0.25) is 0 Å². The molecule has 0 atom stereocenters. The zero-order valence-corrected chi connectivity index (χ0v) is 8.64. The largest absolute Gasteiger partial charge is 0.365 e. The molecule has 5 heteroatoms. The normalized spacial score (nSPS) is 9.71. The molecule has 1 aromatic heterocycles. The highest BCUT2D eigenvalue weighted by Crippen LogP contribution is 1.99. The van der Waals surface area contributed by atoms with Gasteiger partial charge >= 0.3 is 0 Å². The Bertz CT molecular complexity index is 337. The van der Waals surface area contributed by atoms with E-state index < -0.39 is 0 Å². The van der Waals surface area contributed by atoms with Crippen molar-refractivity contribution in [3.63, 3.8) is 0 Å². The molecule has 0 spiro atoms. The van der Waals surface area contributed by atoms with Crippen LogP contribution in [0.1, 0.15) is 0 Å². The topological polar surface area (TPSA) is 57.8 Å². The zero-order chi connectivity index (χ0) is 10.2. The first kappa shape index (κ1) is 10.8. The van der Waals surface area contributed by atoms with Crippen LogP contribution >= 0.6 is 11.8 Å². The van der Waals surface area contributed by atoms with Gasteiger partial charge in [0.25, 0.3) is 5.56 Å². The highest BCUT2D eigenvalue weighted by Gasteiger charge is 1.96. The molecule has 0 aromatic carbocycles. The zero-order valence-electron chi connectivity index (χ0n) is 7.82. The number of thioether (sulfide) groups is 1. The minimum absolute atomic E-state index is 0.179. The Morgan fingerprint density at radius 3 is 3.29 bits per heavy atom. The lowest BCUT2D eigenvalue weighted by molar-refractivity contribution is 1.09. The number of anilines is 1. The van der Waals surface area contributed by atoms with E-state index in [1.54, 1.807) is 18.0 Å². The summed E-state index contributed by atoms with van der Waals surface area (Å²) in [6.45, 7) is 4.36. The first-order valence-electron chi connectivity index (χ1n) is 4.31. The van der Waals surface area contributed by atoms with Crippen LogP contribution in [0.2, 0.25) is 0 Å². The number of H-pyrrole nitrogens is 1. The standard InChI is InChI=1S/C9H13N3OS/c1-2-6-14-7-5-11-8-9(13)12-4-3-10-8/h2-4H,1,5-7H2,(H,10,11)(H,12,13). The molecule has 0 saturated carbocycles. The van der Waals surface area contributed by atoms with Gasteiger partial charge in [0, 0.05) is 30.4 Å². The quantitative estimate of drug-likeness (QED) is 0.546. The Balaban J connectivity index is 2.28. The molecular weight excluding hydrogens is 198 g/mol. The molecule has 0 fully saturated rings. The molecule has 1 heterocycles. The van der Waals surface area contributed by atoms with Gasteiger partial charge in [-0.1, -0.05) is 6.08 Å². The molecular formula is C9H13N3OS. The lowest BCUT2D eigenvalue weighted by atomic mass is 10.6. The molecule has 1 rings (SSSR count). The number of rotatable bonds is 6. The van der Waals surface area contributed by atoms with E-state index in [0.29, 0.717) is 5.82 Å². The highest BCUT2D eigenvalue weighted by atomic mass is 32.2. The van der Waals surface area contributed by atoms with E-state index in [9.17, 15) is 4.79 Å². The van der Waals surface area contributed by atoms with Crippen LogP contribution in [0.3, 0.4) is 0 Å². The second-order valence-corrected chi connectivity index (χ2v) is 3.71. The molecule has 4 nitrogen and oxygen atoms in total. The molecule has 0 aliphatic heterocycles. The van der Waals surface area contributed by atoms with E-state index in [2.05, 4.69) is 21.9 Å². The number of nitrogens with zero attached hydrogens (tertiary/aromatic N) is 1. The van der Waals surface area contributed by atoms with Gasteiger partial charge in [-0.15, -0.1) is 6.58 Å². The second kappa shape index (κ2) is 6.26. The van der Waals surface area contributed by atoms with E-state index in [1.165, 1.54) is 6.20 Å². The van der Waals surface area contributed by atoms with Crippen LogP contribution in [0.25, 0.3) is 0 Å². The lowest BCUT2D eigenvalue weighted by Gasteiger charge is -2.02. The van der Waals surface area contributed by atoms with Gasteiger partial charge in [0.15, 0.2) is 5.82 Å². The monoisotopic (exact) mass is 211 g/mol. The number of nitrogens with one attached hydrogen (secondary N) is 2. The fraction of sp³-hybridized carbons (Fsp3) is 0.333. The van der Waals surface area contributed by atoms with Crippen LogP contribution in [0, 0.1) is 0 Å². The molecule has 0 bridgehead atoms. The maximum atomic E-state index is 11.1. The van der Waals surface area contributed by atoms with Crippen molar-refractivity contribution in [1.29, 1.82) is 0 Å². The second-order valence-electron chi connectivity index (χ2n) is 2.56. The fourth-order valence-electron chi connectivity index (χ4n) is 0.886. The van der Waals surface area contributed by atoms with Crippen molar-refractivity contribution in [3.8, 4) is 0 Å². The average molecular weight is 211 g/mol. The highest BCUT2D eigenvalue weighted by molar-refractivity contribution is 7.99. The molecule has 0 unspecified atom stereocenters. The average Bonchev–Trinajstić information content (AvgIpc) is 2.20. The molecule has 0 saturated heterocycles. The van der Waals surface area contributed by atoms with Crippen molar-refractivity contribution < 1.29 is 0 Å². The van der Waals surface area contributed by atoms with Crippen molar-refractivity contribution in [2.75, 3.05) is 23.4 Å². The fourth-order valence-corrected chi connectivity index (χ4v) is 1.47. The Morgan fingerprint density at radius 1 is 1.71 bits per heavy atom. The summed E-state index contributed by atoms with van der Waals surface area (Å²) in [5.41, 5.74) is -0.179. The van der Waals surface area contributed by atoms with Crippen LogP contribution in [0.4, 0.5) is 5.82 Å². The lowest BCUT2D eigenvalue weighted by Crippen LogP contribution is -2.17. The van der Waals surface area contributed by atoms with E-state index in [4.69, 9.17) is 0 Å². The van der Waals surface area contributed by atoms with Crippen LogP contribution in [0.5, 0.6) is 0 Å². The summed E-state index contributed by atoms with van der Waals surface area (Å²) in [6.07, 6.45) is 4.93. The summed E-state index contributed by atoms with van der Waals surface area (Å²) in [6, 6.07) is 0. The number of aromatic amines is 1. The Kier molecular flexibility index (Phi) is 4.85. The molecule has 0 radical (unpaired) electrons. The summed E-state index contributed by atoms with van der Waals surface area (Å²) in [5.74, 6) is 2.24. The van der Waals surface area contributed by atoms with Crippen molar-refractivity contribution in [3.05, 3.63) is 35.4 Å². The van der Waals surface area contributed by atoms with Gasteiger partial charge in [-0.2, -0.15) is 11.8 Å². The van der Waals surface area contributed by atoms with Gasteiger partial charge in [-0.05, 0) is 0 Å². The van der Waals surface area contributed by atoms with E-state index in [1.807, 2.05) is 6.08 Å². The third-order valence-electron chi connectivity index (χ3n) is 1.48. The first-order valence-corrected chi connectivity index (χ1v) is 5.46. The third kappa shape index (κ3) is 3.66. The van der Waals surface area contributed by atoms with Crippen LogP contribution in [-0.2, 0) is 0 Å². The smallest absolute Gasteiger partial charge is 0.290 e. The molecule has 2 N–H and O–H groups in total. The first-order chi connectivity index (χ1) is 6.84. The summed E-state index contributed by atoms with van der Waals surface area (Å²) in [7, 11) is 0. The van der Waals surface area contributed by atoms with E-state index in [0.717, 1.165) is 18.1 Å². The van der Waals surface area contributed by atoms with Crippen molar-refractivity contribution >= 4 is 17.6 Å². The molecule has 0 aliphatic rings. The SMILES string of the molecule is C=CCSCCNc1ncc[nH]c1=O. The number of hydrogen-bond donors (Lipinski definition) is 2. The van der Waals surface area contributed by atoms with Gasteiger partial charge in [0.1, 0.15) is 0 Å². The maximum Gasteiger partial charge on any atom is 0.290 e. The molecule has 76 valence electrons. The Labute approximate surface area is 86.8 Å². The maximum absolute atomic E-state index is 11.1. The third-order valence-corrected chi connectivity index (χ3v) is 2.45. The molecule has 14 heavy (non-hydrogen) atoms. The van der Waals surface area contributed by atoms with Gasteiger partial charge in [-0.3, -0.25) is 4.79 Å². The predicted molar refractivity (Wildman–Crippen MR) is 60.9 cm³/mol. The van der Waals surface area contributed by atoms with E-state index in [-0.39, 0.29) is 5.56 Å². The molecule has 1 aromatic rings. The van der Waals surface area contributed by atoms with Crippen molar-refractivity contribution in [1.82, 2.24) is 9.97 Å². The van der Waals surface area contributed by atoms with E-state index >= 15 is 0 Å². The van der Waals surface area contributed by atoms with Crippen LogP contribution < -0.4 is 10.9 Å². The summed E-state index contributed by atoms with van der Waals surface area (Å²) >= 11 is 1.76. The summed E-state index contributed by atoms with van der Waals surface area (Å²) < 4.78 is 0. The number of hydrogen-bond acceptors (Lipinski definition) is 4. The minimum atomic E-state index is -0.179. The predicted octanol–water partition coefficient (Wildman–Crippen LogP) is 1.10. The van der Waals surface area contributed by atoms with Crippen LogP contribution in [0.15, 0.2) is 29.8 Å². The van der Waals surface area contributed by atoms with Crippen LogP contribution in [-0.4, -0.2) is 28.0 Å². The number of aromatic nitrogens is 2.